The fraction of sp³-hybridized carbons (Fsp3) is 0.404. The highest BCUT2D eigenvalue weighted by atomic mass is 35.5. The van der Waals surface area contributed by atoms with Gasteiger partial charge in [0.05, 0.1) is 42.5 Å². The minimum Gasteiger partial charge on any atom is -0.459 e. The molecular formula is C89H90Cl4N12O14. The van der Waals surface area contributed by atoms with E-state index < -0.39 is 36.1 Å². The summed E-state index contributed by atoms with van der Waals surface area (Å²) in [6.07, 6.45) is 2.22. The number of hydrogen-bond acceptors (Lipinski definition) is 20. The van der Waals surface area contributed by atoms with Crippen molar-refractivity contribution in [2.45, 2.75) is 157 Å². The maximum Gasteiger partial charge on any atom is 0.413 e. The number of halogens is 4. The van der Waals surface area contributed by atoms with E-state index in [4.69, 9.17) is 89.2 Å². The van der Waals surface area contributed by atoms with E-state index in [1.165, 1.54) is 6.26 Å². The van der Waals surface area contributed by atoms with Crippen molar-refractivity contribution in [3.8, 4) is 59.2 Å². The average Bonchev–Trinajstić information content (AvgIpc) is 1.64. The third-order valence-electron chi connectivity index (χ3n) is 19.8. The number of aryl methyl sites for hydroxylation is 1. The number of hydrogen-bond donors (Lipinski definition) is 0. The predicted octanol–water partition coefficient (Wildman–Crippen LogP) is 16.0. The molecule has 5 saturated heterocycles. The number of rotatable bonds is 4. The Balaban J connectivity index is 0.000000137. The van der Waals surface area contributed by atoms with Crippen LogP contribution in [0.2, 0.25) is 20.1 Å². The maximum atomic E-state index is 12.8. The Hall–Kier alpha value is -11.8. The molecule has 6 amide bonds. The van der Waals surface area contributed by atoms with E-state index >= 15 is 0 Å². The lowest BCUT2D eigenvalue weighted by atomic mass is 10.0. The summed E-state index contributed by atoms with van der Waals surface area (Å²) < 4.78 is 21.0. The number of nitrogens with zero attached hydrogens (tertiary/aromatic N) is 12. The molecule has 4 aromatic carbocycles. The van der Waals surface area contributed by atoms with Crippen molar-refractivity contribution in [2.75, 3.05) is 45.9 Å². The molecule has 0 radical (unpaired) electrons. The molecule has 119 heavy (non-hydrogen) atoms. The van der Waals surface area contributed by atoms with Crippen LogP contribution in [0.5, 0.6) is 0 Å². The number of benzene rings is 4. The molecule has 10 atom stereocenters. The van der Waals surface area contributed by atoms with Gasteiger partial charge in [-0.15, -0.1) is 0 Å². The Labute approximate surface area is 712 Å². The third-order valence-corrected chi connectivity index (χ3v) is 20.7. The zero-order valence-corrected chi connectivity index (χ0v) is 70.7. The Morgan fingerprint density at radius 2 is 0.782 bits per heavy atom. The van der Waals surface area contributed by atoms with Gasteiger partial charge in [0.2, 0.25) is 31.1 Å². The molecule has 10 aliphatic rings. The van der Waals surface area contributed by atoms with Crippen LogP contribution < -0.4 is 0 Å². The zero-order valence-electron chi connectivity index (χ0n) is 67.6. The number of fused-ring (bicyclic) bond motifs is 5. The summed E-state index contributed by atoms with van der Waals surface area (Å²) in [5, 5.41) is 22.9. The van der Waals surface area contributed by atoms with Crippen LogP contribution in [0.4, 0.5) is 19.2 Å². The Bertz CT molecular complexity index is 5150. The summed E-state index contributed by atoms with van der Waals surface area (Å²) in [7, 11) is 0. The number of aromatic nitrogens is 1. The van der Waals surface area contributed by atoms with Crippen LogP contribution >= 0.6 is 46.4 Å². The SMILES string of the molecule is CC(C)(C)OC(=O)N1CCC2C(C#Cc3cccc(Cl)c3)=NOC21.CCN(C(=O)N1CCC2C(C#Cc3cccc(Cl)c3)=NOC21)C(C)C.CCOC(=O)N1CCC2C(C#Cc3cccc(Cl)c3)=NOC21.Cc1cccc(C#CC2=NOC3C2CCN3C(=O)OC(C)(C)C)n1.O=C(c1ccco1)N1CCC2C(C#Cc3cccc(Cl)c3)=NOC21. The predicted molar refractivity (Wildman–Crippen MR) is 450 cm³/mol. The molecule has 5 fully saturated rings. The monoisotopic (exact) mass is 1690 g/mol. The van der Waals surface area contributed by atoms with E-state index in [9.17, 15) is 24.0 Å². The minimum atomic E-state index is -0.538. The quantitative estimate of drug-likeness (QED) is 0.117. The summed E-state index contributed by atoms with van der Waals surface area (Å²) >= 11 is 23.8. The van der Waals surface area contributed by atoms with E-state index in [2.05, 4.69) is 90.0 Å². The smallest absolute Gasteiger partial charge is 0.413 e. The molecule has 0 N–H and O–H groups in total. The topological polar surface area (TPSA) is 266 Å². The van der Waals surface area contributed by atoms with Crippen molar-refractivity contribution in [3.05, 3.63) is 193 Å². The van der Waals surface area contributed by atoms with E-state index in [0.29, 0.717) is 106 Å². The Morgan fingerprint density at radius 3 is 1.11 bits per heavy atom. The van der Waals surface area contributed by atoms with Crippen molar-refractivity contribution >= 4 is 105 Å². The molecule has 10 aliphatic heterocycles. The van der Waals surface area contributed by atoms with Crippen LogP contribution in [0.3, 0.4) is 0 Å². The number of amides is 6. The fourth-order valence-electron chi connectivity index (χ4n) is 14.1. The molecule has 0 aliphatic carbocycles. The number of ether oxygens (including phenoxy) is 3. The molecular weight excluding hydrogens is 1600 g/mol. The first kappa shape index (κ1) is 86.5. The lowest BCUT2D eigenvalue weighted by Gasteiger charge is -2.32. The second kappa shape index (κ2) is 39.2. The normalized spacial score (nSPS) is 21.9. The van der Waals surface area contributed by atoms with Crippen LogP contribution in [0.25, 0.3) is 0 Å². The fourth-order valence-corrected chi connectivity index (χ4v) is 14.9. The first-order valence-electron chi connectivity index (χ1n) is 39.2. The number of carbonyl (C=O) groups is 5. The van der Waals surface area contributed by atoms with E-state index in [-0.39, 0.29) is 72.1 Å². The average molecular weight is 1690 g/mol. The molecule has 6 aromatic rings. The second-order valence-corrected chi connectivity index (χ2v) is 32.6. The van der Waals surface area contributed by atoms with Gasteiger partial charge in [-0.3, -0.25) is 29.3 Å². The van der Waals surface area contributed by atoms with E-state index in [0.717, 1.165) is 60.1 Å². The van der Waals surface area contributed by atoms with Crippen molar-refractivity contribution in [3.63, 3.8) is 0 Å². The number of carbonyl (C=O) groups excluding carboxylic acids is 5. The molecule has 26 nitrogen and oxygen atoms in total. The van der Waals surface area contributed by atoms with Crippen molar-refractivity contribution in [1.29, 1.82) is 0 Å². The molecule has 10 unspecified atom stereocenters. The van der Waals surface area contributed by atoms with Gasteiger partial charge >= 0.3 is 24.3 Å². The largest absolute Gasteiger partial charge is 0.459 e. The van der Waals surface area contributed by atoms with Gasteiger partial charge in [0.25, 0.3) is 5.91 Å². The maximum absolute atomic E-state index is 12.8. The van der Waals surface area contributed by atoms with E-state index in [1.807, 2.05) is 153 Å². The minimum absolute atomic E-state index is 0.00394. The van der Waals surface area contributed by atoms with Crippen LogP contribution in [-0.4, -0.2) is 187 Å². The number of furan rings is 1. The summed E-state index contributed by atoms with van der Waals surface area (Å²) in [6, 6.07) is 38.6. The van der Waals surface area contributed by atoms with Crippen molar-refractivity contribution in [1.82, 2.24) is 34.4 Å². The summed E-state index contributed by atoms with van der Waals surface area (Å²) in [5.41, 5.74) is 7.17. The Kier molecular flexibility index (Phi) is 28.5. The Morgan fingerprint density at radius 1 is 0.445 bits per heavy atom. The lowest BCUT2D eigenvalue weighted by Crippen LogP contribution is -2.49. The van der Waals surface area contributed by atoms with E-state index in [1.54, 1.807) is 80.0 Å². The molecule has 0 spiro atoms. The molecule has 12 heterocycles. The number of pyridine rings is 1. The number of oxime groups is 5. The first-order valence-corrected chi connectivity index (χ1v) is 40.7. The van der Waals surface area contributed by atoms with Crippen LogP contribution in [0.15, 0.2) is 164 Å². The highest BCUT2D eigenvalue weighted by molar-refractivity contribution is 6.31. The third kappa shape index (κ3) is 22.3. The molecule has 0 bridgehead atoms. The van der Waals surface area contributed by atoms with Crippen LogP contribution in [-0.2, 0) is 38.4 Å². The van der Waals surface area contributed by atoms with Gasteiger partial charge in [-0.25, -0.2) is 24.2 Å². The van der Waals surface area contributed by atoms with Gasteiger partial charge in [-0.2, -0.15) is 0 Å². The van der Waals surface area contributed by atoms with Crippen LogP contribution in [0, 0.1) is 95.7 Å². The highest BCUT2D eigenvalue weighted by Crippen LogP contribution is 2.38. The highest BCUT2D eigenvalue weighted by Gasteiger charge is 2.51. The molecule has 30 heteroatoms. The molecule has 16 rings (SSSR count). The number of urea groups is 1. The first-order chi connectivity index (χ1) is 57.1. The van der Waals surface area contributed by atoms with Gasteiger partial charge in [0.15, 0.2) is 5.76 Å². The van der Waals surface area contributed by atoms with Crippen LogP contribution in [0.1, 0.15) is 146 Å². The van der Waals surface area contributed by atoms with Crippen molar-refractivity contribution in [2.24, 2.45) is 55.4 Å². The van der Waals surface area contributed by atoms with Gasteiger partial charge < -0.3 is 47.7 Å². The van der Waals surface area contributed by atoms with Gasteiger partial charge in [-0.1, -0.05) is 126 Å². The standard InChI is InChI=1S/C19H22ClN3O2.C18H13ClN2O3.C18H19ClN2O3.C18H21N3O3.C16H15ClN2O3/c1-4-22(13(2)3)19(24)23-11-10-16-17(21-25-18(16)23)9-8-14-6-5-7-15(20)12-14;19-13-4-1-3-12(11-13)6-7-15-14-8-9-21(18(14)24-20-15)17(22)16-5-2-10-23-16;1-18(2,3)23-17(22)21-10-9-14-15(20-24-16(14)21)8-7-12-5-4-6-13(19)11-12;1-12-6-5-7-13(19-12)8-9-15-14-10-11-21(16(14)24-20-15)17(22)23-18(2,3)4;1-2-21-16(20)19-9-8-13-14(18-22-15(13)19)7-6-11-4-3-5-12(17)10-11/h5-7,12-13,16,18H,4,10-11H2,1-3H3;1-5,10-11,14,18H,8-9H2;4-6,11,14,16H,9-10H2,1-3H3;5-7,14,16H,10-11H2,1-4H3;3-5,10,13,15H,2,8-9H2,1H3. The molecule has 0 saturated carbocycles. The molecule has 2 aromatic heterocycles. The van der Waals surface area contributed by atoms with Gasteiger partial charge in [0.1, 0.15) is 45.5 Å². The van der Waals surface area contributed by atoms with Gasteiger partial charge in [-0.05, 0) is 241 Å². The van der Waals surface area contributed by atoms with Gasteiger partial charge in [0, 0.05) is 93.3 Å². The van der Waals surface area contributed by atoms with Crippen molar-refractivity contribution < 1.29 is 66.8 Å². The molecule has 618 valence electrons. The number of likely N-dealkylation sites (tertiary alicyclic amines) is 5. The summed E-state index contributed by atoms with van der Waals surface area (Å²) in [6.45, 7) is 24.8. The lowest BCUT2D eigenvalue weighted by molar-refractivity contribution is -0.0445. The summed E-state index contributed by atoms with van der Waals surface area (Å²) in [4.78, 5) is 103. The zero-order chi connectivity index (χ0) is 84.7. The second-order valence-electron chi connectivity index (χ2n) is 30.9. The summed E-state index contributed by atoms with van der Waals surface area (Å²) in [5.74, 6) is 30.6.